The van der Waals surface area contributed by atoms with E-state index in [9.17, 15) is 8.42 Å². The maximum atomic E-state index is 11.0. The lowest BCUT2D eigenvalue weighted by Gasteiger charge is -2.35. The molecule has 1 aliphatic rings. The maximum Gasteiger partial charge on any atom is 0.399 e. The van der Waals surface area contributed by atoms with Gasteiger partial charge < -0.3 is 0 Å². The number of hydrogen-bond acceptors (Lipinski definition) is 4. The molecule has 1 rings (SSSR count). The predicted octanol–water partition coefficient (Wildman–Crippen LogP) is 2.64. The largest absolute Gasteiger partial charge is 0.399 e. The summed E-state index contributed by atoms with van der Waals surface area (Å²) >= 11 is 0. The molecule has 5 heteroatoms. The highest BCUT2D eigenvalue weighted by Gasteiger charge is 2.38. The van der Waals surface area contributed by atoms with Crippen LogP contribution >= 0.6 is 0 Å². The van der Waals surface area contributed by atoms with Crippen molar-refractivity contribution in [3.63, 3.8) is 0 Å². The third kappa shape index (κ3) is 4.03. The van der Waals surface area contributed by atoms with Gasteiger partial charge in [0.05, 0.1) is 13.2 Å². The van der Waals surface area contributed by atoms with Crippen LogP contribution in [0.4, 0.5) is 0 Å². The molecule has 1 fully saturated rings. The molecule has 1 saturated heterocycles. The molecule has 0 radical (unpaired) electrons. The third-order valence-electron chi connectivity index (χ3n) is 3.14. The molecule has 0 aromatic carbocycles. The molecule has 0 aliphatic carbocycles. The van der Waals surface area contributed by atoms with E-state index in [1.165, 1.54) is 0 Å². The van der Waals surface area contributed by atoms with E-state index in [4.69, 9.17) is 8.37 Å². The topological polar surface area (TPSA) is 52.6 Å². The van der Waals surface area contributed by atoms with E-state index in [1.54, 1.807) is 0 Å². The summed E-state index contributed by atoms with van der Waals surface area (Å²) in [5.41, 5.74) is -0.0860. The van der Waals surface area contributed by atoms with E-state index in [-0.39, 0.29) is 18.6 Å². The molecule has 0 saturated carbocycles. The lowest BCUT2D eigenvalue weighted by atomic mass is 9.80. The van der Waals surface area contributed by atoms with E-state index >= 15 is 0 Å². The van der Waals surface area contributed by atoms with Crippen molar-refractivity contribution in [2.24, 2.45) is 5.41 Å². The Kier molecular flexibility index (Phi) is 5.21. The van der Waals surface area contributed by atoms with Gasteiger partial charge in [-0.25, -0.2) is 8.37 Å². The molecule has 0 atom stereocenters. The van der Waals surface area contributed by atoms with E-state index in [2.05, 4.69) is 13.8 Å². The molecular formula is C11H22O4S. The van der Waals surface area contributed by atoms with Crippen LogP contribution < -0.4 is 0 Å². The van der Waals surface area contributed by atoms with E-state index in [0.717, 1.165) is 38.5 Å². The summed E-state index contributed by atoms with van der Waals surface area (Å²) in [5.74, 6) is 0. The van der Waals surface area contributed by atoms with Crippen LogP contribution in [0.25, 0.3) is 0 Å². The van der Waals surface area contributed by atoms with Gasteiger partial charge in [0.25, 0.3) is 0 Å². The molecule has 0 amide bonds. The molecule has 4 nitrogen and oxygen atoms in total. The number of hydrogen-bond donors (Lipinski definition) is 0. The van der Waals surface area contributed by atoms with Crippen LogP contribution in [0.5, 0.6) is 0 Å². The molecule has 0 N–H and O–H groups in total. The van der Waals surface area contributed by atoms with Crippen molar-refractivity contribution in [3.05, 3.63) is 0 Å². The monoisotopic (exact) mass is 250 g/mol. The normalized spacial score (nSPS) is 23.1. The van der Waals surface area contributed by atoms with Crippen LogP contribution in [-0.4, -0.2) is 21.6 Å². The number of rotatable bonds is 6. The molecule has 1 heterocycles. The van der Waals surface area contributed by atoms with Crippen molar-refractivity contribution in [1.29, 1.82) is 0 Å². The Balaban J connectivity index is 2.58. The van der Waals surface area contributed by atoms with Gasteiger partial charge in [0, 0.05) is 5.41 Å². The van der Waals surface area contributed by atoms with Crippen LogP contribution in [0.2, 0.25) is 0 Å². The zero-order valence-electron chi connectivity index (χ0n) is 10.2. The maximum absolute atomic E-state index is 11.0. The van der Waals surface area contributed by atoms with E-state index in [1.807, 2.05) is 0 Å². The fraction of sp³-hybridized carbons (Fsp3) is 1.00. The molecular weight excluding hydrogens is 228 g/mol. The van der Waals surface area contributed by atoms with Gasteiger partial charge in [-0.15, -0.1) is 0 Å². The zero-order chi connectivity index (χ0) is 12.1. The SMILES string of the molecule is CCCCC1(CCCC)COS(=O)(=O)OC1. The second-order valence-corrected chi connectivity index (χ2v) is 5.93. The van der Waals surface area contributed by atoms with Crippen molar-refractivity contribution < 1.29 is 16.8 Å². The second kappa shape index (κ2) is 5.98. The summed E-state index contributed by atoms with van der Waals surface area (Å²) in [7, 11) is -3.70. The fourth-order valence-electron chi connectivity index (χ4n) is 1.99. The quantitative estimate of drug-likeness (QED) is 0.727. The fourth-order valence-corrected chi connectivity index (χ4v) is 2.84. The van der Waals surface area contributed by atoms with Crippen molar-refractivity contribution >= 4 is 10.4 Å². The molecule has 0 aromatic rings. The van der Waals surface area contributed by atoms with Gasteiger partial charge in [-0.1, -0.05) is 39.5 Å². The van der Waals surface area contributed by atoms with E-state index < -0.39 is 10.4 Å². The molecule has 0 bridgehead atoms. The Morgan fingerprint density at radius 3 is 1.81 bits per heavy atom. The Labute approximate surface area is 98.7 Å². The van der Waals surface area contributed by atoms with Crippen LogP contribution in [0, 0.1) is 5.41 Å². The molecule has 16 heavy (non-hydrogen) atoms. The average Bonchev–Trinajstić information content (AvgIpc) is 2.27. The minimum atomic E-state index is -3.70. The van der Waals surface area contributed by atoms with Crippen LogP contribution in [0.1, 0.15) is 52.4 Å². The Bertz CT molecular complexity index is 273. The van der Waals surface area contributed by atoms with Gasteiger partial charge in [0.2, 0.25) is 0 Å². The molecule has 0 spiro atoms. The molecule has 96 valence electrons. The highest BCUT2D eigenvalue weighted by Crippen LogP contribution is 2.35. The van der Waals surface area contributed by atoms with Crippen LogP contribution in [-0.2, 0) is 18.8 Å². The average molecular weight is 250 g/mol. The molecule has 1 aliphatic heterocycles. The minimum absolute atomic E-state index is 0.0860. The lowest BCUT2D eigenvalue weighted by Crippen LogP contribution is -2.39. The first-order valence-electron chi connectivity index (χ1n) is 6.07. The third-order valence-corrected chi connectivity index (χ3v) is 3.95. The zero-order valence-corrected chi connectivity index (χ0v) is 11.0. The predicted molar refractivity (Wildman–Crippen MR) is 62.3 cm³/mol. The standard InChI is InChI=1S/C11H22O4S/c1-3-5-7-11(8-6-4-2)9-14-16(12,13)15-10-11/h3-10H2,1-2H3. The van der Waals surface area contributed by atoms with Gasteiger partial charge >= 0.3 is 10.4 Å². The summed E-state index contributed by atoms with van der Waals surface area (Å²) in [6.45, 7) is 4.84. The highest BCUT2D eigenvalue weighted by atomic mass is 32.3. The molecule has 0 unspecified atom stereocenters. The van der Waals surface area contributed by atoms with Crippen molar-refractivity contribution in [1.82, 2.24) is 0 Å². The summed E-state index contributed by atoms with van der Waals surface area (Å²) in [6.07, 6.45) is 6.38. The lowest BCUT2D eigenvalue weighted by molar-refractivity contribution is 0.00977. The van der Waals surface area contributed by atoms with Crippen molar-refractivity contribution in [2.75, 3.05) is 13.2 Å². The number of unbranched alkanes of at least 4 members (excludes halogenated alkanes) is 2. The van der Waals surface area contributed by atoms with Crippen LogP contribution in [0.3, 0.4) is 0 Å². The van der Waals surface area contributed by atoms with E-state index in [0.29, 0.717) is 0 Å². The summed E-state index contributed by atoms with van der Waals surface area (Å²) in [6, 6.07) is 0. The summed E-state index contributed by atoms with van der Waals surface area (Å²) < 4.78 is 31.7. The Morgan fingerprint density at radius 2 is 1.44 bits per heavy atom. The van der Waals surface area contributed by atoms with Gasteiger partial charge in [-0.05, 0) is 12.8 Å². The highest BCUT2D eigenvalue weighted by molar-refractivity contribution is 7.81. The van der Waals surface area contributed by atoms with Crippen LogP contribution in [0.15, 0.2) is 0 Å². The summed E-state index contributed by atoms with van der Waals surface area (Å²) in [4.78, 5) is 0. The van der Waals surface area contributed by atoms with Gasteiger partial charge in [0.15, 0.2) is 0 Å². The smallest absolute Gasteiger partial charge is 0.248 e. The van der Waals surface area contributed by atoms with Gasteiger partial charge in [-0.3, -0.25) is 0 Å². The first-order chi connectivity index (χ1) is 7.54. The van der Waals surface area contributed by atoms with Gasteiger partial charge in [-0.2, -0.15) is 8.42 Å². The van der Waals surface area contributed by atoms with Crippen molar-refractivity contribution in [3.8, 4) is 0 Å². The van der Waals surface area contributed by atoms with Gasteiger partial charge in [0.1, 0.15) is 0 Å². The molecule has 0 aromatic heterocycles. The Morgan fingerprint density at radius 1 is 1.00 bits per heavy atom. The summed E-state index contributed by atoms with van der Waals surface area (Å²) in [5, 5.41) is 0. The first kappa shape index (κ1) is 13.9. The Hall–Kier alpha value is -0.130. The van der Waals surface area contributed by atoms with Crippen molar-refractivity contribution in [2.45, 2.75) is 52.4 Å². The first-order valence-corrected chi connectivity index (χ1v) is 7.41. The second-order valence-electron chi connectivity index (χ2n) is 4.64. The minimum Gasteiger partial charge on any atom is -0.248 e.